The highest BCUT2D eigenvalue weighted by molar-refractivity contribution is 4.74. The molecular weight excluding hydrogens is 168 g/mol. The first-order chi connectivity index (χ1) is 6.95. The summed E-state index contributed by atoms with van der Waals surface area (Å²) in [6.07, 6.45) is 18.4. The highest BCUT2D eigenvalue weighted by Gasteiger charge is 2.21. The van der Waals surface area contributed by atoms with Crippen molar-refractivity contribution in [2.24, 2.45) is 11.8 Å². The molecule has 2 fully saturated rings. The summed E-state index contributed by atoms with van der Waals surface area (Å²) in [4.78, 5) is 0. The maximum absolute atomic E-state index is 1.58. The molecule has 2 aliphatic rings. The summed E-state index contributed by atoms with van der Waals surface area (Å²) in [5.41, 5.74) is 0. The predicted octanol–water partition coefficient (Wildman–Crippen LogP) is 4.93. The van der Waals surface area contributed by atoms with Crippen LogP contribution >= 0.6 is 0 Å². The second kappa shape index (κ2) is 5.78. The fourth-order valence-corrected chi connectivity index (χ4v) is 3.50. The Kier molecular flexibility index (Phi) is 4.34. The summed E-state index contributed by atoms with van der Waals surface area (Å²) in [6, 6.07) is 0. The van der Waals surface area contributed by atoms with Crippen LogP contribution in [0, 0.1) is 11.8 Å². The van der Waals surface area contributed by atoms with Crippen molar-refractivity contribution in [3.05, 3.63) is 0 Å². The van der Waals surface area contributed by atoms with Gasteiger partial charge in [0.15, 0.2) is 0 Å². The number of rotatable bonds is 0. The van der Waals surface area contributed by atoms with Crippen LogP contribution in [0.1, 0.15) is 77.0 Å². The molecule has 0 heteroatoms. The Morgan fingerprint density at radius 3 is 1.43 bits per heavy atom. The van der Waals surface area contributed by atoms with Crippen LogP contribution in [0.15, 0.2) is 0 Å². The number of hydrogen-bond donors (Lipinski definition) is 0. The smallest absolute Gasteiger partial charge is 0.0412 e. The summed E-state index contributed by atoms with van der Waals surface area (Å²) in [7, 11) is 0. The molecule has 0 nitrogen and oxygen atoms in total. The molecule has 2 unspecified atom stereocenters. The third kappa shape index (κ3) is 3.29. The molecule has 2 bridgehead atoms. The van der Waals surface area contributed by atoms with Crippen molar-refractivity contribution >= 4 is 0 Å². The standard InChI is InChI=1S/C14H26/c1-2-4-6-9-14-11-7-10-13(12-14)8-5-3-1/h13-14H,1-12H2. The molecule has 0 radical (unpaired) electrons. The molecule has 0 N–H and O–H groups in total. The zero-order valence-electron chi connectivity index (χ0n) is 9.64. The van der Waals surface area contributed by atoms with Gasteiger partial charge >= 0.3 is 0 Å². The van der Waals surface area contributed by atoms with Gasteiger partial charge in [-0.1, -0.05) is 70.6 Å². The molecule has 0 aliphatic heterocycles. The third-order valence-electron chi connectivity index (χ3n) is 4.37. The van der Waals surface area contributed by atoms with Gasteiger partial charge in [0, 0.05) is 0 Å². The van der Waals surface area contributed by atoms with Gasteiger partial charge in [0.25, 0.3) is 0 Å². The molecule has 2 atom stereocenters. The Bertz CT molecular complexity index is 134. The van der Waals surface area contributed by atoms with Gasteiger partial charge < -0.3 is 0 Å². The van der Waals surface area contributed by atoms with E-state index in [1.165, 1.54) is 44.9 Å². The Hall–Kier alpha value is 0. The minimum atomic E-state index is 1.12. The second-order valence-electron chi connectivity index (χ2n) is 5.60. The van der Waals surface area contributed by atoms with Gasteiger partial charge in [0.1, 0.15) is 0 Å². The van der Waals surface area contributed by atoms with Crippen molar-refractivity contribution in [3.63, 3.8) is 0 Å². The average molecular weight is 194 g/mol. The van der Waals surface area contributed by atoms with Gasteiger partial charge in [-0.15, -0.1) is 0 Å². The van der Waals surface area contributed by atoms with Gasteiger partial charge in [-0.05, 0) is 18.3 Å². The monoisotopic (exact) mass is 194 g/mol. The van der Waals surface area contributed by atoms with Crippen LogP contribution in [-0.2, 0) is 0 Å². The molecule has 0 spiro atoms. The Morgan fingerprint density at radius 1 is 0.429 bits per heavy atom. The SMILES string of the molecule is C1CCCCC2CCCC(CCC1)C2. The van der Waals surface area contributed by atoms with E-state index < -0.39 is 0 Å². The van der Waals surface area contributed by atoms with Gasteiger partial charge in [0.05, 0.1) is 0 Å². The lowest BCUT2D eigenvalue weighted by Crippen LogP contribution is -2.15. The molecule has 0 amide bonds. The fourth-order valence-electron chi connectivity index (χ4n) is 3.50. The molecule has 0 aromatic carbocycles. The van der Waals surface area contributed by atoms with Crippen molar-refractivity contribution in [1.82, 2.24) is 0 Å². The van der Waals surface area contributed by atoms with E-state index in [-0.39, 0.29) is 0 Å². The molecule has 0 heterocycles. The van der Waals surface area contributed by atoms with E-state index in [4.69, 9.17) is 0 Å². The zero-order chi connectivity index (χ0) is 9.64. The summed E-state index contributed by atoms with van der Waals surface area (Å²) in [5.74, 6) is 2.23. The van der Waals surface area contributed by atoms with Crippen LogP contribution < -0.4 is 0 Å². The first-order valence-corrected chi connectivity index (χ1v) is 6.95. The lowest BCUT2D eigenvalue weighted by Gasteiger charge is -2.28. The minimum absolute atomic E-state index is 1.12. The van der Waals surface area contributed by atoms with Gasteiger partial charge in [0.2, 0.25) is 0 Å². The van der Waals surface area contributed by atoms with E-state index in [1.54, 1.807) is 32.1 Å². The summed E-state index contributed by atoms with van der Waals surface area (Å²) in [5, 5.41) is 0. The van der Waals surface area contributed by atoms with Crippen LogP contribution in [-0.4, -0.2) is 0 Å². The third-order valence-corrected chi connectivity index (χ3v) is 4.37. The van der Waals surface area contributed by atoms with Gasteiger partial charge in [-0.25, -0.2) is 0 Å². The first-order valence-electron chi connectivity index (χ1n) is 6.95. The topological polar surface area (TPSA) is 0 Å². The summed E-state index contributed by atoms with van der Waals surface area (Å²) < 4.78 is 0. The Morgan fingerprint density at radius 2 is 0.857 bits per heavy atom. The highest BCUT2D eigenvalue weighted by atomic mass is 14.3. The molecule has 0 aromatic rings. The number of hydrogen-bond acceptors (Lipinski definition) is 0. The summed E-state index contributed by atoms with van der Waals surface area (Å²) in [6.45, 7) is 0. The second-order valence-corrected chi connectivity index (χ2v) is 5.60. The molecule has 2 rings (SSSR count). The van der Waals surface area contributed by atoms with Gasteiger partial charge in [-0.3, -0.25) is 0 Å². The highest BCUT2D eigenvalue weighted by Crippen LogP contribution is 2.35. The molecule has 0 aromatic heterocycles. The van der Waals surface area contributed by atoms with Gasteiger partial charge in [-0.2, -0.15) is 0 Å². The Labute approximate surface area is 89.5 Å². The van der Waals surface area contributed by atoms with E-state index in [1.807, 2.05) is 0 Å². The van der Waals surface area contributed by atoms with Crippen molar-refractivity contribution in [2.45, 2.75) is 77.0 Å². The van der Waals surface area contributed by atoms with Crippen molar-refractivity contribution in [1.29, 1.82) is 0 Å². The maximum atomic E-state index is 1.58. The summed E-state index contributed by atoms with van der Waals surface area (Å²) >= 11 is 0. The van der Waals surface area contributed by atoms with E-state index in [2.05, 4.69) is 0 Å². The predicted molar refractivity (Wildman–Crippen MR) is 62.4 cm³/mol. The lowest BCUT2D eigenvalue weighted by molar-refractivity contribution is 0.239. The van der Waals surface area contributed by atoms with Crippen LogP contribution in [0.3, 0.4) is 0 Å². The largest absolute Gasteiger partial charge is 0.0533 e. The van der Waals surface area contributed by atoms with E-state index in [0.29, 0.717) is 0 Å². The quantitative estimate of drug-likeness (QED) is 0.513. The average Bonchev–Trinajstić information content (AvgIpc) is 2.25. The fraction of sp³-hybridized carbons (Fsp3) is 1.00. The van der Waals surface area contributed by atoms with Crippen molar-refractivity contribution < 1.29 is 0 Å². The zero-order valence-corrected chi connectivity index (χ0v) is 9.64. The van der Waals surface area contributed by atoms with E-state index in [0.717, 1.165) is 11.8 Å². The molecule has 14 heavy (non-hydrogen) atoms. The molecule has 2 aliphatic carbocycles. The van der Waals surface area contributed by atoms with Crippen LogP contribution in [0.25, 0.3) is 0 Å². The molecule has 82 valence electrons. The van der Waals surface area contributed by atoms with Crippen LogP contribution in [0.5, 0.6) is 0 Å². The number of fused-ring (bicyclic) bond motifs is 2. The van der Waals surface area contributed by atoms with E-state index in [9.17, 15) is 0 Å². The normalized spacial score (nSPS) is 36.0. The lowest BCUT2D eigenvalue weighted by atomic mass is 9.77. The van der Waals surface area contributed by atoms with Crippen molar-refractivity contribution in [2.75, 3.05) is 0 Å². The maximum Gasteiger partial charge on any atom is -0.0412 e. The van der Waals surface area contributed by atoms with Crippen LogP contribution in [0.4, 0.5) is 0 Å². The Balaban J connectivity index is 1.82. The van der Waals surface area contributed by atoms with Crippen molar-refractivity contribution in [3.8, 4) is 0 Å². The molecule has 2 saturated carbocycles. The first kappa shape index (κ1) is 10.5. The molecular formula is C14H26. The van der Waals surface area contributed by atoms with E-state index >= 15 is 0 Å². The molecule has 0 saturated heterocycles. The minimum Gasteiger partial charge on any atom is -0.0533 e. The van der Waals surface area contributed by atoms with Crippen LogP contribution in [0.2, 0.25) is 0 Å².